The van der Waals surface area contributed by atoms with E-state index in [1.54, 1.807) is 0 Å². The second-order valence-corrected chi connectivity index (χ2v) is 8.33. The molecular formula is C22H27N3S. The van der Waals surface area contributed by atoms with E-state index < -0.39 is 0 Å². The zero-order valence-corrected chi connectivity index (χ0v) is 16.3. The van der Waals surface area contributed by atoms with E-state index in [2.05, 4.69) is 48.6 Å². The van der Waals surface area contributed by atoms with Gasteiger partial charge in [0.05, 0.1) is 5.39 Å². The van der Waals surface area contributed by atoms with Crippen molar-refractivity contribution in [3.63, 3.8) is 0 Å². The molecule has 136 valence electrons. The highest BCUT2D eigenvalue weighted by Gasteiger charge is 2.21. The summed E-state index contributed by atoms with van der Waals surface area (Å²) in [4.78, 5) is 12.5. The molecule has 26 heavy (non-hydrogen) atoms. The summed E-state index contributed by atoms with van der Waals surface area (Å²) >= 11 is 1.83. The number of benzene rings is 1. The van der Waals surface area contributed by atoms with Gasteiger partial charge in [0, 0.05) is 17.3 Å². The predicted molar refractivity (Wildman–Crippen MR) is 111 cm³/mol. The topological polar surface area (TPSA) is 37.8 Å². The SMILES string of the molecule is CCc1cc2c(NCCc3ccccc3)nc(C3CCCCC3)nc2s1. The van der Waals surface area contributed by atoms with E-state index in [4.69, 9.17) is 9.97 Å². The fourth-order valence-electron chi connectivity index (χ4n) is 3.81. The van der Waals surface area contributed by atoms with Crippen molar-refractivity contribution in [1.29, 1.82) is 0 Å². The molecule has 0 unspecified atom stereocenters. The molecule has 0 radical (unpaired) electrons. The highest BCUT2D eigenvalue weighted by molar-refractivity contribution is 7.18. The maximum Gasteiger partial charge on any atom is 0.138 e. The van der Waals surface area contributed by atoms with E-state index in [1.165, 1.54) is 47.9 Å². The number of thiophene rings is 1. The third-order valence-corrected chi connectivity index (χ3v) is 6.50. The Bertz CT molecular complexity index is 850. The monoisotopic (exact) mass is 365 g/mol. The molecule has 4 heteroatoms. The normalized spacial score (nSPS) is 15.4. The standard InChI is InChI=1S/C22H27N3S/c1-2-18-15-19-21(23-14-13-16-9-5-3-6-10-16)24-20(25-22(19)26-18)17-11-7-4-8-12-17/h3,5-6,9-10,15,17H,2,4,7-8,11-14H2,1H3,(H,23,24,25). The van der Waals surface area contributed by atoms with Crippen molar-refractivity contribution in [1.82, 2.24) is 9.97 Å². The van der Waals surface area contributed by atoms with Crippen LogP contribution in [-0.2, 0) is 12.8 Å². The minimum Gasteiger partial charge on any atom is -0.369 e. The number of nitrogens with zero attached hydrogens (tertiary/aromatic N) is 2. The molecule has 1 aliphatic rings. The van der Waals surface area contributed by atoms with E-state index in [9.17, 15) is 0 Å². The maximum absolute atomic E-state index is 4.99. The number of aryl methyl sites for hydroxylation is 1. The van der Waals surface area contributed by atoms with E-state index in [1.807, 2.05) is 11.3 Å². The van der Waals surface area contributed by atoms with Crippen LogP contribution in [0, 0.1) is 0 Å². The van der Waals surface area contributed by atoms with Gasteiger partial charge in [0.25, 0.3) is 0 Å². The molecule has 1 fully saturated rings. The van der Waals surface area contributed by atoms with Crippen molar-refractivity contribution in [2.45, 2.75) is 57.8 Å². The van der Waals surface area contributed by atoms with Crippen molar-refractivity contribution in [2.75, 3.05) is 11.9 Å². The van der Waals surface area contributed by atoms with Gasteiger partial charge in [0.15, 0.2) is 0 Å². The smallest absolute Gasteiger partial charge is 0.138 e. The summed E-state index contributed by atoms with van der Waals surface area (Å²) in [7, 11) is 0. The molecule has 0 bridgehead atoms. The first-order valence-electron chi connectivity index (χ1n) is 9.91. The van der Waals surface area contributed by atoms with Crippen molar-refractivity contribution in [2.24, 2.45) is 0 Å². The molecule has 1 N–H and O–H groups in total. The summed E-state index contributed by atoms with van der Waals surface area (Å²) in [5, 5.41) is 4.80. The van der Waals surface area contributed by atoms with Gasteiger partial charge in [-0.25, -0.2) is 9.97 Å². The minimum atomic E-state index is 0.537. The van der Waals surface area contributed by atoms with Gasteiger partial charge in [0.1, 0.15) is 16.5 Å². The van der Waals surface area contributed by atoms with Crippen molar-refractivity contribution < 1.29 is 0 Å². The molecule has 2 aromatic heterocycles. The van der Waals surface area contributed by atoms with Gasteiger partial charge in [-0.3, -0.25) is 0 Å². The third kappa shape index (κ3) is 3.90. The zero-order valence-electron chi connectivity index (χ0n) is 15.5. The molecule has 4 rings (SSSR count). The molecule has 0 amide bonds. The first-order valence-corrected chi connectivity index (χ1v) is 10.7. The van der Waals surface area contributed by atoms with Gasteiger partial charge in [-0.15, -0.1) is 11.3 Å². The van der Waals surface area contributed by atoms with E-state index in [0.717, 1.165) is 35.9 Å². The van der Waals surface area contributed by atoms with Crippen molar-refractivity contribution in [3.8, 4) is 0 Å². The Labute approximate surface area is 159 Å². The lowest BCUT2D eigenvalue weighted by atomic mass is 9.88. The van der Waals surface area contributed by atoms with Crippen LogP contribution in [0.25, 0.3) is 10.2 Å². The van der Waals surface area contributed by atoms with Gasteiger partial charge in [-0.1, -0.05) is 56.5 Å². The highest BCUT2D eigenvalue weighted by Crippen LogP contribution is 2.35. The fourth-order valence-corrected chi connectivity index (χ4v) is 4.78. The lowest BCUT2D eigenvalue weighted by Gasteiger charge is -2.21. The van der Waals surface area contributed by atoms with Gasteiger partial charge < -0.3 is 5.32 Å². The highest BCUT2D eigenvalue weighted by atomic mass is 32.1. The quantitative estimate of drug-likeness (QED) is 0.586. The first-order chi connectivity index (χ1) is 12.8. The van der Waals surface area contributed by atoms with Crippen LogP contribution in [0.15, 0.2) is 36.4 Å². The molecule has 1 aliphatic carbocycles. The molecular weight excluding hydrogens is 338 g/mol. The van der Waals surface area contributed by atoms with Crippen LogP contribution in [0.3, 0.4) is 0 Å². The Morgan fingerprint density at radius 1 is 1.08 bits per heavy atom. The Morgan fingerprint density at radius 2 is 1.88 bits per heavy atom. The van der Waals surface area contributed by atoms with Crippen LogP contribution < -0.4 is 5.32 Å². The average Bonchev–Trinajstić information content (AvgIpc) is 3.13. The lowest BCUT2D eigenvalue weighted by molar-refractivity contribution is 0.430. The molecule has 2 heterocycles. The first kappa shape index (κ1) is 17.5. The van der Waals surface area contributed by atoms with Gasteiger partial charge >= 0.3 is 0 Å². The number of anilines is 1. The third-order valence-electron chi connectivity index (χ3n) is 5.33. The number of rotatable bonds is 6. The molecule has 0 saturated heterocycles. The average molecular weight is 366 g/mol. The van der Waals surface area contributed by atoms with Crippen LogP contribution >= 0.6 is 11.3 Å². The Hall–Kier alpha value is -1.94. The van der Waals surface area contributed by atoms with Crippen LogP contribution in [0.5, 0.6) is 0 Å². The second-order valence-electron chi connectivity index (χ2n) is 7.21. The van der Waals surface area contributed by atoms with E-state index >= 15 is 0 Å². The van der Waals surface area contributed by atoms with Crippen LogP contribution in [0.1, 0.15) is 61.2 Å². The molecule has 3 nitrogen and oxygen atoms in total. The minimum absolute atomic E-state index is 0.537. The van der Waals surface area contributed by atoms with Crippen LogP contribution in [0.2, 0.25) is 0 Å². The number of nitrogens with one attached hydrogen (secondary N) is 1. The molecule has 1 saturated carbocycles. The lowest BCUT2D eigenvalue weighted by Crippen LogP contribution is -2.12. The number of hydrogen-bond donors (Lipinski definition) is 1. The van der Waals surface area contributed by atoms with Crippen molar-refractivity contribution in [3.05, 3.63) is 52.7 Å². The fraction of sp³-hybridized carbons (Fsp3) is 0.455. The van der Waals surface area contributed by atoms with E-state index in [0.29, 0.717) is 5.92 Å². The van der Waals surface area contributed by atoms with Crippen molar-refractivity contribution >= 4 is 27.4 Å². The number of fused-ring (bicyclic) bond motifs is 1. The summed E-state index contributed by atoms with van der Waals surface area (Å²) < 4.78 is 0. The van der Waals surface area contributed by atoms with Crippen LogP contribution in [-0.4, -0.2) is 16.5 Å². The summed E-state index contributed by atoms with van der Waals surface area (Å²) in [5.74, 6) is 2.63. The molecule has 0 aliphatic heterocycles. The zero-order chi connectivity index (χ0) is 17.8. The number of hydrogen-bond acceptors (Lipinski definition) is 4. The summed E-state index contributed by atoms with van der Waals surface area (Å²) in [6, 6.07) is 12.9. The largest absolute Gasteiger partial charge is 0.369 e. The predicted octanol–water partition coefficient (Wildman–Crippen LogP) is 5.96. The number of aromatic nitrogens is 2. The Kier molecular flexibility index (Phi) is 5.49. The van der Waals surface area contributed by atoms with E-state index in [-0.39, 0.29) is 0 Å². The molecule has 0 spiro atoms. The van der Waals surface area contributed by atoms with Gasteiger partial charge in [0.2, 0.25) is 0 Å². The van der Waals surface area contributed by atoms with Crippen LogP contribution in [0.4, 0.5) is 5.82 Å². The summed E-state index contributed by atoms with van der Waals surface area (Å²) in [6.45, 7) is 3.11. The summed E-state index contributed by atoms with van der Waals surface area (Å²) in [5.41, 5.74) is 1.36. The molecule has 1 aromatic carbocycles. The maximum atomic E-state index is 4.99. The molecule has 0 atom stereocenters. The summed E-state index contributed by atoms with van der Waals surface area (Å²) in [6.07, 6.45) is 8.53. The second kappa shape index (κ2) is 8.17. The molecule has 3 aromatic rings. The Morgan fingerprint density at radius 3 is 2.65 bits per heavy atom. The Balaban J connectivity index is 1.59. The van der Waals surface area contributed by atoms with Gasteiger partial charge in [-0.2, -0.15) is 0 Å². The van der Waals surface area contributed by atoms with Gasteiger partial charge in [-0.05, 0) is 37.3 Å².